The SMILES string of the molecule is COc1cc(C2(C(=O)O)CC[C@H]3[C@@H]4CCC5NC(=O)C=C[C@]5(C)[C@@H]4CC[C@@]32C)cc(OC)c1OC. The van der Waals surface area contributed by atoms with Crippen molar-refractivity contribution in [1.29, 1.82) is 0 Å². The molecule has 2 unspecified atom stereocenters. The van der Waals surface area contributed by atoms with E-state index in [1.54, 1.807) is 27.4 Å². The average Bonchev–Trinajstić information content (AvgIpc) is 3.17. The molecule has 3 saturated carbocycles. The second-order valence-electron chi connectivity index (χ2n) is 11.3. The van der Waals surface area contributed by atoms with Gasteiger partial charge in [-0.15, -0.1) is 0 Å². The summed E-state index contributed by atoms with van der Waals surface area (Å²) in [5, 5.41) is 14.1. The van der Waals surface area contributed by atoms with Gasteiger partial charge in [-0.3, -0.25) is 9.59 Å². The van der Waals surface area contributed by atoms with Gasteiger partial charge in [0.05, 0.1) is 26.7 Å². The van der Waals surface area contributed by atoms with Crippen molar-refractivity contribution >= 4 is 11.9 Å². The number of benzene rings is 1. The van der Waals surface area contributed by atoms with E-state index in [2.05, 4.69) is 25.2 Å². The van der Waals surface area contributed by atoms with Gasteiger partial charge in [0.2, 0.25) is 11.7 Å². The largest absolute Gasteiger partial charge is 0.493 e. The van der Waals surface area contributed by atoms with Crippen molar-refractivity contribution in [2.24, 2.45) is 28.6 Å². The molecule has 7 nitrogen and oxygen atoms in total. The quantitative estimate of drug-likeness (QED) is 0.647. The van der Waals surface area contributed by atoms with Crippen molar-refractivity contribution < 1.29 is 28.9 Å². The van der Waals surface area contributed by atoms with Crippen LogP contribution in [0.1, 0.15) is 57.9 Å². The summed E-state index contributed by atoms with van der Waals surface area (Å²) in [6.07, 6.45) is 9.01. The van der Waals surface area contributed by atoms with Gasteiger partial charge >= 0.3 is 5.97 Å². The standard InChI is InChI=1S/C28H37NO6/c1-26-11-10-23(30)29-22(26)7-6-17-18(26)8-12-27(2)19(17)9-13-28(27,25(31)32)16-14-20(33-3)24(35-5)21(15-16)34-4/h10-11,14-15,17-19,22H,6-9,12-13H2,1-5H3,(H,29,30)(H,31,32)/t17-,18-,19+,22?,26-,27+,28?/m1/s1. The van der Waals surface area contributed by atoms with Crippen LogP contribution in [0.5, 0.6) is 17.2 Å². The highest BCUT2D eigenvalue weighted by Crippen LogP contribution is 2.69. The van der Waals surface area contributed by atoms with Crippen LogP contribution in [0.25, 0.3) is 0 Å². The lowest BCUT2D eigenvalue weighted by molar-refractivity contribution is -0.154. The molecule has 190 valence electrons. The van der Waals surface area contributed by atoms with Crippen molar-refractivity contribution in [1.82, 2.24) is 5.32 Å². The fourth-order valence-electron chi connectivity index (χ4n) is 8.65. The predicted molar refractivity (Wildman–Crippen MR) is 131 cm³/mol. The Morgan fingerprint density at radius 3 is 2.23 bits per heavy atom. The Kier molecular flexibility index (Phi) is 5.61. The van der Waals surface area contributed by atoms with Crippen LogP contribution in [0.15, 0.2) is 24.3 Å². The van der Waals surface area contributed by atoms with Crippen molar-refractivity contribution in [2.75, 3.05) is 21.3 Å². The number of carbonyl (C=O) groups is 2. The number of carboxylic acid groups (broad SMARTS) is 1. The molecule has 3 fully saturated rings. The van der Waals surface area contributed by atoms with E-state index in [4.69, 9.17) is 14.2 Å². The highest BCUT2D eigenvalue weighted by molar-refractivity contribution is 5.89. The van der Waals surface area contributed by atoms with Gasteiger partial charge in [0.25, 0.3) is 0 Å². The molecule has 0 spiro atoms. The Labute approximate surface area is 207 Å². The predicted octanol–water partition coefficient (Wildman–Crippen LogP) is 4.33. The van der Waals surface area contributed by atoms with E-state index in [0.717, 1.165) is 37.7 Å². The summed E-state index contributed by atoms with van der Waals surface area (Å²) in [5.74, 6) is 1.82. The molecule has 35 heavy (non-hydrogen) atoms. The van der Waals surface area contributed by atoms with E-state index in [1.807, 2.05) is 12.1 Å². The smallest absolute Gasteiger partial charge is 0.314 e. The molecular weight excluding hydrogens is 446 g/mol. The van der Waals surface area contributed by atoms with E-state index < -0.39 is 16.8 Å². The van der Waals surface area contributed by atoms with Crippen LogP contribution in [0.4, 0.5) is 0 Å². The number of hydrogen-bond acceptors (Lipinski definition) is 5. The first-order chi connectivity index (χ1) is 16.7. The zero-order valence-electron chi connectivity index (χ0n) is 21.3. The van der Waals surface area contributed by atoms with Crippen LogP contribution in [0.2, 0.25) is 0 Å². The van der Waals surface area contributed by atoms with Crippen LogP contribution < -0.4 is 19.5 Å². The number of carboxylic acids is 1. The molecule has 4 aliphatic rings. The molecule has 3 aliphatic carbocycles. The van der Waals surface area contributed by atoms with Gasteiger partial charge in [-0.1, -0.05) is 19.9 Å². The second kappa shape index (κ2) is 8.17. The lowest BCUT2D eigenvalue weighted by Crippen LogP contribution is -2.61. The summed E-state index contributed by atoms with van der Waals surface area (Å²) in [7, 11) is 4.68. The van der Waals surface area contributed by atoms with Gasteiger partial charge in [0.15, 0.2) is 11.5 Å². The summed E-state index contributed by atoms with van der Waals surface area (Å²) in [6.45, 7) is 4.48. The van der Waals surface area contributed by atoms with Crippen molar-refractivity contribution in [2.45, 2.75) is 63.8 Å². The maximum atomic E-state index is 13.3. The number of fused-ring (bicyclic) bond motifs is 5. The molecule has 1 amide bonds. The van der Waals surface area contributed by atoms with Crippen LogP contribution in [-0.4, -0.2) is 44.4 Å². The zero-order chi connectivity index (χ0) is 25.2. The van der Waals surface area contributed by atoms with Gasteiger partial charge in [0.1, 0.15) is 0 Å². The molecule has 1 aliphatic heterocycles. The number of ether oxygens (including phenoxy) is 3. The molecule has 5 rings (SSSR count). The molecule has 0 aromatic heterocycles. The molecule has 0 saturated heterocycles. The van der Waals surface area contributed by atoms with E-state index in [0.29, 0.717) is 41.4 Å². The Morgan fingerprint density at radius 1 is 0.971 bits per heavy atom. The summed E-state index contributed by atoms with van der Waals surface area (Å²) >= 11 is 0. The van der Waals surface area contributed by atoms with Crippen LogP contribution in [0, 0.1) is 28.6 Å². The van der Waals surface area contributed by atoms with E-state index in [9.17, 15) is 14.7 Å². The topological polar surface area (TPSA) is 94.1 Å². The molecule has 7 heteroatoms. The molecule has 7 atom stereocenters. The number of rotatable bonds is 5. The second-order valence-corrected chi connectivity index (χ2v) is 11.3. The summed E-state index contributed by atoms with van der Waals surface area (Å²) in [5.41, 5.74) is -0.800. The fourth-order valence-corrected chi connectivity index (χ4v) is 8.65. The minimum Gasteiger partial charge on any atom is -0.493 e. The van der Waals surface area contributed by atoms with Crippen LogP contribution in [-0.2, 0) is 15.0 Å². The molecule has 0 bridgehead atoms. The first kappa shape index (κ1) is 24.0. The van der Waals surface area contributed by atoms with Crippen LogP contribution >= 0.6 is 0 Å². The number of aliphatic carboxylic acids is 1. The lowest BCUT2D eigenvalue weighted by Gasteiger charge is -2.60. The molecule has 0 radical (unpaired) electrons. The molecule has 2 N–H and O–H groups in total. The van der Waals surface area contributed by atoms with Crippen molar-refractivity contribution in [3.8, 4) is 17.2 Å². The number of nitrogens with one attached hydrogen (secondary N) is 1. The third kappa shape index (κ3) is 3.09. The molecule has 1 aromatic rings. The maximum absolute atomic E-state index is 13.3. The first-order valence-electron chi connectivity index (χ1n) is 12.7. The Bertz CT molecular complexity index is 1060. The van der Waals surface area contributed by atoms with Gasteiger partial charge < -0.3 is 24.6 Å². The van der Waals surface area contributed by atoms with E-state index in [1.165, 1.54) is 0 Å². The van der Waals surface area contributed by atoms with Crippen molar-refractivity contribution in [3.05, 3.63) is 29.8 Å². The molecule has 1 aromatic carbocycles. The van der Waals surface area contributed by atoms with Gasteiger partial charge in [-0.25, -0.2) is 0 Å². The molecule has 1 heterocycles. The van der Waals surface area contributed by atoms with Crippen LogP contribution in [0.3, 0.4) is 0 Å². The Morgan fingerprint density at radius 2 is 1.63 bits per heavy atom. The van der Waals surface area contributed by atoms with Crippen molar-refractivity contribution in [3.63, 3.8) is 0 Å². The van der Waals surface area contributed by atoms with Gasteiger partial charge in [0, 0.05) is 11.5 Å². The number of amides is 1. The van der Waals surface area contributed by atoms with E-state index in [-0.39, 0.29) is 17.4 Å². The summed E-state index contributed by atoms with van der Waals surface area (Å²) < 4.78 is 16.7. The third-order valence-corrected chi connectivity index (χ3v) is 10.4. The number of hydrogen-bond donors (Lipinski definition) is 2. The Balaban J connectivity index is 1.59. The first-order valence-corrected chi connectivity index (χ1v) is 12.7. The van der Waals surface area contributed by atoms with E-state index >= 15 is 0 Å². The maximum Gasteiger partial charge on any atom is 0.314 e. The highest BCUT2D eigenvalue weighted by Gasteiger charge is 2.68. The monoisotopic (exact) mass is 483 g/mol. The minimum absolute atomic E-state index is 0.000247. The summed E-state index contributed by atoms with van der Waals surface area (Å²) in [6, 6.07) is 3.84. The van der Waals surface area contributed by atoms with Gasteiger partial charge in [-0.2, -0.15) is 0 Å². The molecular formula is C28H37NO6. The normalized spacial score (nSPS) is 39.6. The minimum atomic E-state index is -1.04. The van der Waals surface area contributed by atoms with Gasteiger partial charge in [-0.05, 0) is 85.5 Å². The Hall–Kier alpha value is -2.70. The highest BCUT2D eigenvalue weighted by atomic mass is 16.5. The summed E-state index contributed by atoms with van der Waals surface area (Å²) in [4.78, 5) is 25.3. The number of methoxy groups -OCH3 is 3. The average molecular weight is 484 g/mol. The zero-order valence-corrected chi connectivity index (χ0v) is 21.3. The fraction of sp³-hybridized carbons (Fsp3) is 0.643. The third-order valence-electron chi connectivity index (χ3n) is 10.4. The number of carbonyl (C=O) groups excluding carboxylic acids is 1. The lowest BCUT2D eigenvalue weighted by atomic mass is 9.45.